The molecular weight excluding hydrogens is 274 g/mol. The molecule has 0 aliphatic carbocycles. The molecule has 112 valence electrons. The number of nitriles is 1. The second-order valence-corrected chi connectivity index (χ2v) is 5.27. The van der Waals surface area contributed by atoms with E-state index in [2.05, 4.69) is 11.1 Å². The Morgan fingerprint density at radius 2 is 2.00 bits per heavy atom. The van der Waals surface area contributed by atoms with Gasteiger partial charge in [-0.1, -0.05) is 19.1 Å². The third kappa shape index (κ3) is 2.79. The van der Waals surface area contributed by atoms with Crippen molar-refractivity contribution in [2.24, 2.45) is 0 Å². The van der Waals surface area contributed by atoms with Crippen LogP contribution < -0.4 is 11.2 Å². The highest BCUT2D eigenvalue weighted by atomic mass is 16.1. The summed E-state index contributed by atoms with van der Waals surface area (Å²) in [6.07, 6.45) is 5.91. The minimum absolute atomic E-state index is 0.185. The monoisotopic (exact) mass is 293 g/mol. The Bertz CT molecular complexity index is 838. The molecule has 0 bridgehead atoms. The SMILES string of the molecule is CC/C=C(\c1cc(C#N)c(C)cc1C)c1c[nH]cc(N)c1=O. The lowest BCUT2D eigenvalue weighted by molar-refractivity contribution is 1.21. The first-order valence-electron chi connectivity index (χ1n) is 7.18. The number of benzene rings is 1. The van der Waals surface area contributed by atoms with Crippen molar-refractivity contribution in [3.8, 4) is 6.07 Å². The number of pyridine rings is 1. The van der Waals surface area contributed by atoms with Crippen molar-refractivity contribution in [1.82, 2.24) is 4.98 Å². The van der Waals surface area contributed by atoms with Crippen LogP contribution >= 0.6 is 0 Å². The zero-order chi connectivity index (χ0) is 16.3. The van der Waals surface area contributed by atoms with E-state index >= 15 is 0 Å². The summed E-state index contributed by atoms with van der Waals surface area (Å²) in [7, 11) is 0. The molecule has 0 radical (unpaired) electrons. The lowest BCUT2D eigenvalue weighted by Crippen LogP contribution is -2.14. The molecule has 3 N–H and O–H groups in total. The van der Waals surface area contributed by atoms with Gasteiger partial charge in [0, 0.05) is 18.0 Å². The summed E-state index contributed by atoms with van der Waals surface area (Å²) in [4.78, 5) is 15.2. The van der Waals surface area contributed by atoms with Gasteiger partial charge in [-0.3, -0.25) is 4.79 Å². The van der Waals surface area contributed by atoms with Crippen LogP contribution in [0.3, 0.4) is 0 Å². The van der Waals surface area contributed by atoms with Crippen LogP contribution in [-0.4, -0.2) is 4.98 Å². The van der Waals surface area contributed by atoms with Crippen molar-refractivity contribution in [2.75, 3.05) is 5.73 Å². The third-order valence-electron chi connectivity index (χ3n) is 3.65. The molecule has 1 aromatic heterocycles. The maximum absolute atomic E-state index is 12.3. The van der Waals surface area contributed by atoms with E-state index in [1.165, 1.54) is 6.20 Å². The molecule has 22 heavy (non-hydrogen) atoms. The molecule has 2 aromatic rings. The molecule has 0 spiro atoms. The van der Waals surface area contributed by atoms with Gasteiger partial charge in [0.15, 0.2) is 0 Å². The standard InChI is InChI=1S/C18H19N3O/c1-4-5-14(16-9-21-10-17(20)18(16)22)15-7-13(8-19)11(2)6-12(15)3/h5-7,9-10H,4,20H2,1-3H3,(H,21,22)/b14-5+. The zero-order valence-electron chi connectivity index (χ0n) is 13.0. The number of nitrogens with one attached hydrogen (secondary N) is 1. The highest BCUT2D eigenvalue weighted by Gasteiger charge is 2.14. The molecule has 0 aliphatic rings. The highest BCUT2D eigenvalue weighted by Crippen LogP contribution is 2.27. The average Bonchev–Trinajstić information content (AvgIpc) is 2.49. The number of nitrogens with zero attached hydrogens (tertiary/aromatic N) is 1. The number of nitrogen functional groups attached to an aromatic ring is 1. The van der Waals surface area contributed by atoms with Crippen molar-refractivity contribution in [2.45, 2.75) is 27.2 Å². The lowest BCUT2D eigenvalue weighted by atomic mass is 9.91. The molecule has 1 heterocycles. The Hall–Kier alpha value is -2.80. The minimum atomic E-state index is -0.197. The van der Waals surface area contributed by atoms with E-state index in [1.807, 2.05) is 39.0 Å². The molecule has 4 heteroatoms. The van der Waals surface area contributed by atoms with Gasteiger partial charge in [-0.05, 0) is 48.6 Å². The zero-order valence-corrected chi connectivity index (χ0v) is 13.0. The van der Waals surface area contributed by atoms with Crippen molar-refractivity contribution in [3.05, 3.63) is 68.6 Å². The normalized spacial score (nSPS) is 11.3. The van der Waals surface area contributed by atoms with Crippen molar-refractivity contribution in [1.29, 1.82) is 5.26 Å². The molecule has 0 fully saturated rings. The van der Waals surface area contributed by atoms with Crippen LogP contribution in [0.15, 0.2) is 35.4 Å². The molecule has 2 rings (SSSR count). The number of aryl methyl sites for hydroxylation is 2. The minimum Gasteiger partial charge on any atom is -0.394 e. The number of hydrogen-bond donors (Lipinski definition) is 2. The fraction of sp³-hybridized carbons (Fsp3) is 0.222. The van der Waals surface area contributed by atoms with E-state index in [-0.39, 0.29) is 11.1 Å². The van der Waals surface area contributed by atoms with Gasteiger partial charge in [0.05, 0.1) is 17.3 Å². The number of rotatable bonds is 3. The van der Waals surface area contributed by atoms with Crippen LogP contribution in [0.2, 0.25) is 0 Å². The van der Waals surface area contributed by atoms with Crippen LogP contribution in [0.5, 0.6) is 0 Å². The smallest absolute Gasteiger partial charge is 0.212 e. The molecular formula is C18H19N3O. The average molecular weight is 293 g/mol. The number of nitrogens with two attached hydrogens (primary N) is 1. The quantitative estimate of drug-likeness (QED) is 0.911. The molecule has 4 nitrogen and oxygen atoms in total. The summed E-state index contributed by atoms with van der Waals surface area (Å²) < 4.78 is 0. The summed E-state index contributed by atoms with van der Waals surface area (Å²) in [5.41, 5.74) is 10.5. The number of hydrogen-bond acceptors (Lipinski definition) is 3. The fourth-order valence-corrected chi connectivity index (χ4v) is 2.53. The first-order valence-corrected chi connectivity index (χ1v) is 7.18. The van der Waals surface area contributed by atoms with E-state index < -0.39 is 0 Å². The first-order chi connectivity index (χ1) is 10.5. The van der Waals surface area contributed by atoms with E-state index in [0.717, 1.165) is 28.7 Å². The lowest BCUT2D eigenvalue weighted by Gasteiger charge is -2.13. The van der Waals surface area contributed by atoms with E-state index in [0.29, 0.717) is 11.1 Å². The number of aromatic nitrogens is 1. The summed E-state index contributed by atoms with van der Waals surface area (Å²) >= 11 is 0. The predicted octanol–water partition coefficient (Wildman–Crippen LogP) is 3.29. The largest absolute Gasteiger partial charge is 0.394 e. The Kier molecular flexibility index (Phi) is 4.47. The maximum atomic E-state index is 12.3. The second-order valence-electron chi connectivity index (χ2n) is 5.27. The van der Waals surface area contributed by atoms with Crippen molar-refractivity contribution in [3.63, 3.8) is 0 Å². The number of allylic oxidation sites excluding steroid dienone is 1. The van der Waals surface area contributed by atoms with Gasteiger partial charge in [-0.2, -0.15) is 5.26 Å². The molecule has 0 unspecified atom stereocenters. The Labute approximate surface area is 129 Å². The Morgan fingerprint density at radius 3 is 2.64 bits per heavy atom. The predicted molar refractivity (Wildman–Crippen MR) is 89.5 cm³/mol. The van der Waals surface area contributed by atoms with E-state index in [1.54, 1.807) is 6.20 Å². The summed E-state index contributed by atoms with van der Waals surface area (Å²) in [5.74, 6) is 0. The second kappa shape index (κ2) is 6.31. The molecule has 0 saturated heterocycles. The third-order valence-corrected chi connectivity index (χ3v) is 3.65. The molecule has 0 saturated carbocycles. The molecule has 0 aliphatic heterocycles. The van der Waals surface area contributed by atoms with E-state index in [9.17, 15) is 10.1 Å². The van der Waals surface area contributed by atoms with Crippen LogP contribution in [0.1, 0.15) is 41.2 Å². The highest BCUT2D eigenvalue weighted by molar-refractivity contribution is 5.82. The number of H-pyrrole nitrogens is 1. The van der Waals surface area contributed by atoms with Crippen molar-refractivity contribution >= 4 is 11.3 Å². The number of aromatic amines is 1. The molecule has 1 aromatic carbocycles. The van der Waals surface area contributed by atoms with Gasteiger partial charge in [-0.15, -0.1) is 0 Å². The Balaban J connectivity index is 2.75. The molecule has 0 amide bonds. The first kappa shape index (κ1) is 15.6. The molecule has 0 atom stereocenters. The van der Waals surface area contributed by atoms with Gasteiger partial charge >= 0.3 is 0 Å². The van der Waals surface area contributed by atoms with Gasteiger partial charge in [0.1, 0.15) is 0 Å². The fourth-order valence-electron chi connectivity index (χ4n) is 2.53. The van der Waals surface area contributed by atoms with Crippen LogP contribution in [0.25, 0.3) is 5.57 Å². The van der Waals surface area contributed by atoms with Gasteiger partial charge < -0.3 is 10.7 Å². The summed E-state index contributed by atoms with van der Waals surface area (Å²) in [6.45, 7) is 5.90. The van der Waals surface area contributed by atoms with Crippen LogP contribution in [-0.2, 0) is 0 Å². The topological polar surface area (TPSA) is 82.7 Å². The van der Waals surface area contributed by atoms with Gasteiger partial charge in [-0.25, -0.2) is 0 Å². The van der Waals surface area contributed by atoms with Crippen LogP contribution in [0.4, 0.5) is 5.69 Å². The van der Waals surface area contributed by atoms with E-state index in [4.69, 9.17) is 5.73 Å². The van der Waals surface area contributed by atoms with Crippen LogP contribution in [0, 0.1) is 25.2 Å². The van der Waals surface area contributed by atoms with Gasteiger partial charge in [0.25, 0.3) is 0 Å². The maximum Gasteiger partial charge on any atom is 0.212 e. The van der Waals surface area contributed by atoms with Gasteiger partial charge in [0.2, 0.25) is 5.43 Å². The number of anilines is 1. The summed E-state index contributed by atoms with van der Waals surface area (Å²) in [6, 6.07) is 6.01. The van der Waals surface area contributed by atoms with Crippen molar-refractivity contribution < 1.29 is 0 Å². The Morgan fingerprint density at radius 1 is 1.27 bits per heavy atom. The summed E-state index contributed by atoms with van der Waals surface area (Å²) in [5, 5.41) is 9.26.